The summed E-state index contributed by atoms with van der Waals surface area (Å²) in [6.45, 7) is 4.18. The molecule has 20 heavy (non-hydrogen) atoms. The van der Waals surface area contributed by atoms with Gasteiger partial charge in [0, 0.05) is 6.54 Å². The normalized spacial score (nSPS) is 9.85. The fraction of sp³-hybridized carbons (Fsp3) is 0.143. The maximum absolute atomic E-state index is 5.96. The number of benzene rings is 1. The van der Waals surface area contributed by atoms with Crippen molar-refractivity contribution in [2.24, 2.45) is 0 Å². The van der Waals surface area contributed by atoms with Crippen LogP contribution in [0, 0.1) is 0 Å². The number of aromatic nitrogens is 2. The quantitative estimate of drug-likeness (QED) is 0.786. The summed E-state index contributed by atoms with van der Waals surface area (Å²) in [5.41, 5.74) is 6.31. The van der Waals surface area contributed by atoms with E-state index in [-0.39, 0.29) is 0 Å². The smallest absolute Gasteiger partial charge is 0.248 e. The molecule has 104 valence electrons. The van der Waals surface area contributed by atoms with Crippen molar-refractivity contribution in [1.82, 2.24) is 9.97 Å². The first-order valence-electron chi connectivity index (χ1n) is 6.01. The lowest BCUT2D eigenvalue weighted by Gasteiger charge is -2.11. The third kappa shape index (κ3) is 3.17. The molecule has 0 amide bonds. The molecular weight excluding hydrogens is 256 g/mol. The van der Waals surface area contributed by atoms with Gasteiger partial charge in [0.2, 0.25) is 5.88 Å². The van der Waals surface area contributed by atoms with Gasteiger partial charge in [0.05, 0.1) is 7.11 Å². The molecule has 0 fully saturated rings. The van der Waals surface area contributed by atoms with Crippen LogP contribution in [0.4, 0.5) is 11.5 Å². The van der Waals surface area contributed by atoms with Gasteiger partial charge < -0.3 is 20.5 Å². The Morgan fingerprint density at radius 3 is 2.60 bits per heavy atom. The second-order valence-corrected chi connectivity index (χ2v) is 3.89. The van der Waals surface area contributed by atoms with E-state index < -0.39 is 0 Å². The van der Waals surface area contributed by atoms with Gasteiger partial charge in [-0.1, -0.05) is 6.08 Å². The lowest BCUT2D eigenvalue weighted by molar-refractivity contribution is 0.412. The highest BCUT2D eigenvalue weighted by atomic mass is 16.5. The van der Waals surface area contributed by atoms with Gasteiger partial charge in [-0.3, -0.25) is 0 Å². The van der Waals surface area contributed by atoms with E-state index in [1.54, 1.807) is 37.5 Å². The number of hydrogen-bond donors (Lipinski definition) is 2. The number of methoxy groups -OCH3 is 1. The molecule has 0 saturated carbocycles. The maximum Gasteiger partial charge on any atom is 0.248 e. The number of hydrogen-bond acceptors (Lipinski definition) is 6. The van der Waals surface area contributed by atoms with Crippen LogP contribution in [0.3, 0.4) is 0 Å². The van der Waals surface area contributed by atoms with Gasteiger partial charge in [-0.2, -0.15) is 4.98 Å². The Hall–Kier alpha value is -2.76. The zero-order chi connectivity index (χ0) is 14.4. The standard InChI is InChI=1S/C14H16N4O2/c1-3-8-16-13-12(15)14(18-9-17-13)20-11-6-4-10(19-2)5-7-11/h3-7,9H,1,8,15H2,2H3,(H,16,17,18). The number of nitrogens with one attached hydrogen (secondary N) is 1. The van der Waals surface area contributed by atoms with E-state index in [1.165, 1.54) is 6.33 Å². The molecule has 0 atom stereocenters. The lowest BCUT2D eigenvalue weighted by atomic mass is 10.3. The van der Waals surface area contributed by atoms with Crippen molar-refractivity contribution < 1.29 is 9.47 Å². The average molecular weight is 272 g/mol. The lowest BCUT2D eigenvalue weighted by Crippen LogP contribution is -2.06. The molecule has 0 aliphatic rings. The van der Waals surface area contributed by atoms with Crippen molar-refractivity contribution in [2.75, 3.05) is 24.7 Å². The minimum absolute atomic E-state index is 0.303. The van der Waals surface area contributed by atoms with Crippen molar-refractivity contribution in [3.8, 4) is 17.4 Å². The molecule has 3 N–H and O–H groups in total. The van der Waals surface area contributed by atoms with Crippen LogP contribution in [-0.2, 0) is 0 Å². The number of nitrogen functional groups attached to an aromatic ring is 1. The second-order valence-electron chi connectivity index (χ2n) is 3.89. The number of nitrogens with two attached hydrogens (primary N) is 1. The van der Waals surface area contributed by atoms with E-state index in [0.717, 1.165) is 5.75 Å². The minimum atomic E-state index is 0.303. The average Bonchev–Trinajstić information content (AvgIpc) is 2.49. The Morgan fingerprint density at radius 2 is 1.95 bits per heavy atom. The van der Waals surface area contributed by atoms with Crippen LogP contribution >= 0.6 is 0 Å². The summed E-state index contributed by atoms with van der Waals surface area (Å²) < 4.78 is 10.7. The Balaban J connectivity index is 2.17. The van der Waals surface area contributed by atoms with Gasteiger partial charge in [-0.25, -0.2) is 4.98 Å². The zero-order valence-electron chi connectivity index (χ0n) is 11.2. The summed E-state index contributed by atoms with van der Waals surface area (Å²) in [6.07, 6.45) is 3.10. The van der Waals surface area contributed by atoms with Crippen LogP contribution in [0.15, 0.2) is 43.2 Å². The SMILES string of the molecule is C=CCNc1ncnc(Oc2ccc(OC)cc2)c1N. The van der Waals surface area contributed by atoms with Gasteiger partial charge in [-0.15, -0.1) is 6.58 Å². The molecule has 1 aromatic heterocycles. The van der Waals surface area contributed by atoms with Crippen LogP contribution in [0.2, 0.25) is 0 Å². The molecule has 0 aliphatic heterocycles. The van der Waals surface area contributed by atoms with Crippen molar-refractivity contribution >= 4 is 11.5 Å². The van der Waals surface area contributed by atoms with Gasteiger partial charge in [0.15, 0.2) is 5.82 Å². The highest BCUT2D eigenvalue weighted by Gasteiger charge is 2.09. The molecule has 2 rings (SSSR count). The number of anilines is 2. The van der Waals surface area contributed by atoms with Crippen LogP contribution < -0.4 is 20.5 Å². The fourth-order valence-corrected chi connectivity index (χ4v) is 1.53. The molecule has 0 spiro atoms. The molecule has 1 aromatic carbocycles. The highest BCUT2D eigenvalue weighted by molar-refractivity contribution is 5.67. The molecule has 1 heterocycles. The molecule has 0 saturated heterocycles. The van der Waals surface area contributed by atoms with E-state index in [1.807, 2.05) is 0 Å². The van der Waals surface area contributed by atoms with E-state index in [0.29, 0.717) is 29.7 Å². The minimum Gasteiger partial charge on any atom is -0.497 e. The number of ether oxygens (including phenoxy) is 2. The molecular formula is C14H16N4O2. The fourth-order valence-electron chi connectivity index (χ4n) is 1.53. The third-order valence-electron chi connectivity index (χ3n) is 2.54. The molecule has 0 unspecified atom stereocenters. The first-order chi connectivity index (χ1) is 9.74. The summed E-state index contributed by atoms with van der Waals surface area (Å²) >= 11 is 0. The summed E-state index contributed by atoms with van der Waals surface area (Å²) in [6, 6.07) is 7.14. The van der Waals surface area contributed by atoms with Crippen LogP contribution in [0.5, 0.6) is 17.4 Å². The predicted molar refractivity (Wildman–Crippen MR) is 78.2 cm³/mol. The Kier molecular flexibility index (Phi) is 4.39. The third-order valence-corrected chi connectivity index (χ3v) is 2.54. The van der Waals surface area contributed by atoms with E-state index in [4.69, 9.17) is 15.2 Å². The van der Waals surface area contributed by atoms with Crippen LogP contribution in [0.1, 0.15) is 0 Å². The topological polar surface area (TPSA) is 82.3 Å². The predicted octanol–water partition coefficient (Wildman–Crippen LogP) is 2.46. The van der Waals surface area contributed by atoms with E-state index in [9.17, 15) is 0 Å². The monoisotopic (exact) mass is 272 g/mol. The Labute approximate surface area is 117 Å². The van der Waals surface area contributed by atoms with Crippen molar-refractivity contribution in [3.05, 3.63) is 43.2 Å². The molecule has 6 heteroatoms. The summed E-state index contributed by atoms with van der Waals surface area (Å²) in [4.78, 5) is 8.08. The van der Waals surface area contributed by atoms with Crippen molar-refractivity contribution in [3.63, 3.8) is 0 Å². The van der Waals surface area contributed by atoms with Crippen LogP contribution in [-0.4, -0.2) is 23.6 Å². The van der Waals surface area contributed by atoms with E-state index in [2.05, 4.69) is 21.9 Å². The number of nitrogens with zero attached hydrogens (tertiary/aromatic N) is 2. The number of rotatable bonds is 6. The van der Waals surface area contributed by atoms with E-state index >= 15 is 0 Å². The first kappa shape index (κ1) is 13.7. The van der Waals surface area contributed by atoms with Crippen molar-refractivity contribution in [2.45, 2.75) is 0 Å². The second kappa shape index (κ2) is 6.42. The van der Waals surface area contributed by atoms with Gasteiger partial charge >= 0.3 is 0 Å². The Morgan fingerprint density at radius 1 is 1.25 bits per heavy atom. The molecule has 2 aromatic rings. The summed E-state index contributed by atoms with van der Waals surface area (Å²) in [7, 11) is 1.61. The maximum atomic E-state index is 5.96. The molecule has 0 bridgehead atoms. The molecule has 0 radical (unpaired) electrons. The summed E-state index contributed by atoms with van der Waals surface area (Å²) in [5.74, 6) is 2.19. The van der Waals surface area contributed by atoms with Crippen molar-refractivity contribution in [1.29, 1.82) is 0 Å². The van der Waals surface area contributed by atoms with Crippen LogP contribution in [0.25, 0.3) is 0 Å². The van der Waals surface area contributed by atoms with Gasteiger partial charge in [0.1, 0.15) is 23.5 Å². The largest absolute Gasteiger partial charge is 0.497 e. The van der Waals surface area contributed by atoms with Gasteiger partial charge in [-0.05, 0) is 24.3 Å². The zero-order valence-corrected chi connectivity index (χ0v) is 11.2. The molecule has 0 aliphatic carbocycles. The highest BCUT2D eigenvalue weighted by Crippen LogP contribution is 2.29. The first-order valence-corrected chi connectivity index (χ1v) is 6.01. The summed E-state index contributed by atoms with van der Waals surface area (Å²) in [5, 5.41) is 3.01. The molecule has 6 nitrogen and oxygen atoms in total. The van der Waals surface area contributed by atoms with Gasteiger partial charge in [0.25, 0.3) is 0 Å². The Bertz CT molecular complexity index is 584.